The molecule has 2 aromatic heterocycles. The van der Waals surface area contributed by atoms with Gasteiger partial charge < -0.3 is 14.5 Å². The number of nitrogens with zero attached hydrogens (tertiary/aromatic N) is 1. The molecule has 0 spiro atoms. The summed E-state index contributed by atoms with van der Waals surface area (Å²) in [7, 11) is 1.64. The number of hydrogen-bond acceptors (Lipinski definition) is 4. The summed E-state index contributed by atoms with van der Waals surface area (Å²) >= 11 is 0. The molecule has 4 rings (SSSR count). The van der Waals surface area contributed by atoms with Crippen LogP contribution in [-0.4, -0.2) is 18.0 Å². The van der Waals surface area contributed by atoms with Gasteiger partial charge in [-0.3, -0.25) is 9.78 Å². The highest BCUT2D eigenvalue weighted by molar-refractivity contribution is 5.77. The van der Waals surface area contributed by atoms with Crippen LogP contribution in [0.5, 0.6) is 5.75 Å². The first kappa shape index (κ1) is 20.4. The minimum atomic E-state index is -0.290. The maximum Gasteiger partial charge on any atom is 0.221 e. The van der Waals surface area contributed by atoms with Crippen molar-refractivity contribution in [3.8, 4) is 17.1 Å². The summed E-state index contributed by atoms with van der Waals surface area (Å²) in [4.78, 5) is 17.2. The lowest BCUT2D eigenvalue weighted by atomic mass is 10.0. The van der Waals surface area contributed by atoms with Crippen LogP contribution in [-0.2, 0) is 11.2 Å². The molecule has 0 saturated heterocycles. The van der Waals surface area contributed by atoms with Crippen molar-refractivity contribution < 1.29 is 13.9 Å². The van der Waals surface area contributed by atoms with E-state index in [2.05, 4.69) is 10.3 Å². The number of aryl methyl sites for hydroxylation is 1. The molecule has 1 unspecified atom stereocenters. The number of benzene rings is 2. The van der Waals surface area contributed by atoms with Gasteiger partial charge in [0.1, 0.15) is 17.3 Å². The van der Waals surface area contributed by atoms with E-state index in [4.69, 9.17) is 9.15 Å². The lowest BCUT2D eigenvalue weighted by molar-refractivity contribution is -0.121. The van der Waals surface area contributed by atoms with Crippen LogP contribution in [0.25, 0.3) is 11.3 Å². The summed E-state index contributed by atoms with van der Waals surface area (Å²) in [6.45, 7) is 0. The fourth-order valence-corrected chi connectivity index (χ4v) is 3.41. The Labute approximate surface area is 181 Å². The number of ether oxygens (including phenoxy) is 1. The molecule has 0 saturated carbocycles. The Morgan fingerprint density at radius 3 is 2.45 bits per heavy atom. The molecule has 5 nitrogen and oxygen atoms in total. The van der Waals surface area contributed by atoms with Crippen LogP contribution in [0.3, 0.4) is 0 Å². The first-order valence-electron chi connectivity index (χ1n) is 10.2. The van der Waals surface area contributed by atoms with Crippen molar-refractivity contribution in [1.82, 2.24) is 10.3 Å². The van der Waals surface area contributed by atoms with Gasteiger partial charge in [0.15, 0.2) is 0 Å². The molecule has 0 bridgehead atoms. The van der Waals surface area contributed by atoms with Crippen LogP contribution < -0.4 is 10.1 Å². The first-order chi connectivity index (χ1) is 15.2. The van der Waals surface area contributed by atoms with Crippen molar-refractivity contribution in [3.63, 3.8) is 0 Å². The van der Waals surface area contributed by atoms with E-state index in [-0.39, 0.29) is 11.9 Å². The lowest BCUT2D eigenvalue weighted by Gasteiger charge is -2.18. The predicted molar refractivity (Wildman–Crippen MR) is 120 cm³/mol. The number of methoxy groups -OCH3 is 1. The summed E-state index contributed by atoms with van der Waals surface area (Å²) in [5.41, 5.74) is 2.77. The molecular formula is C26H24N2O3. The Morgan fingerprint density at radius 2 is 1.74 bits per heavy atom. The molecule has 156 valence electrons. The molecule has 0 radical (unpaired) electrons. The fourth-order valence-electron chi connectivity index (χ4n) is 3.41. The molecule has 1 amide bonds. The third-order valence-electron chi connectivity index (χ3n) is 5.06. The Morgan fingerprint density at radius 1 is 0.968 bits per heavy atom. The number of furan rings is 1. The monoisotopic (exact) mass is 412 g/mol. The molecular weight excluding hydrogens is 388 g/mol. The van der Waals surface area contributed by atoms with Crippen LogP contribution in [0.1, 0.15) is 29.5 Å². The van der Waals surface area contributed by atoms with E-state index in [9.17, 15) is 4.79 Å². The zero-order chi connectivity index (χ0) is 21.5. The Bertz CT molecular complexity index is 1070. The molecule has 0 aliphatic carbocycles. The number of rotatable bonds is 8. The van der Waals surface area contributed by atoms with Gasteiger partial charge in [-0.05, 0) is 54.1 Å². The fraction of sp³-hybridized carbons (Fsp3) is 0.154. The molecule has 0 aliphatic rings. The molecule has 2 aromatic carbocycles. The second-order valence-electron chi connectivity index (χ2n) is 7.16. The van der Waals surface area contributed by atoms with E-state index in [1.54, 1.807) is 13.3 Å². The molecule has 1 atom stereocenters. The SMILES string of the molecule is COc1ccc(-c2ccc(CCC(=O)NC(c3ccccc3)c3ccccn3)o2)cc1. The number of nitrogens with one attached hydrogen (secondary N) is 1. The highest BCUT2D eigenvalue weighted by Crippen LogP contribution is 2.25. The number of hydrogen-bond donors (Lipinski definition) is 1. The molecule has 2 heterocycles. The molecule has 31 heavy (non-hydrogen) atoms. The van der Waals surface area contributed by atoms with E-state index in [0.717, 1.165) is 34.1 Å². The topological polar surface area (TPSA) is 64.4 Å². The smallest absolute Gasteiger partial charge is 0.221 e. The van der Waals surface area contributed by atoms with Crippen molar-refractivity contribution in [3.05, 3.63) is 108 Å². The summed E-state index contributed by atoms with van der Waals surface area (Å²) in [6, 6.07) is 26.8. The minimum Gasteiger partial charge on any atom is -0.497 e. The Hall–Kier alpha value is -3.86. The summed E-state index contributed by atoms with van der Waals surface area (Å²) in [5, 5.41) is 3.11. The third kappa shape index (κ3) is 5.20. The summed E-state index contributed by atoms with van der Waals surface area (Å²) in [5.74, 6) is 2.29. The van der Waals surface area contributed by atoms with Gasteiger partial charge >= 0.3 is 0 Å². The van der Waals surface area contributed by atoms with Crippen molar-refractivity contribution >= 4 is 5.91 Å². The normalized spacial score (nSPS) is 11.6. The average molecular weight is 412 g/mol. The number of aromatic nitrogens is 1. The van der Waals surface area contributed by atoms with Crippen molar-refractivity contribution in [2.45, 2.75) is 18.9 Å². The minimum absolute atomic E-state index is 0.0538. The van der Waals surface area contributed by atoms with Crippen LogP contribution in [0.4, 0.5) is 0 Å². The van der Waals surface area contributed by atoms with E-state index < -0.39 is 0 Å². The van der Waals surface area contributed by atoms with Gasteiger partial charge in [-0.1, -0.05) is 36.4 Å². The van der Waals surface area contributed by atoms with E-state index in [1.807, 2.05) is 84.9 Å². The highest BCUT2D eigenvalue weighted by atomic mass is 16.5. The van der Waals surface area contributed by atoms with E-state index in [0.29, 0.717) is 12.8 Å². The lowest BCUT2D eigenvalue weighted by Crippen LogP contribution is -2.30. The van der Waals surface area contributed by atoms with Gasteiger partial charge in [0.05, 0.1) is 18.8 Å². The molecule has 4 aromatic rings. The van der Waals surface area contributed by atoms with E-state index >= 15 is 0 Å². The second kappa shape index (κ2) is 9.76. The Balaban J connectivity index is 1.40. The zero-order valence-corrected chi connectivity index (χ0v) is 17.3. The summed E-state index contributed by atoms with van der Waals surface area (Å²) < 4.78 is 11.1. The van der Waals surface area contributed by atoms with Gasteiger partial charge in [0.2, 0.25) is 5.91 Å². The maximum atomic E-state index is 12.7. The third-order valence-corrected chi connectivity index (χ3v) is 5.06. The standard InChI is InChI=1S/C26H24N2O3/c1-30-21-12-10-19(11-13-21)24-16-14-22(31-24)15-17-25(29)28-26(20-7-3-2-4-8-20)23-9-5-6-18-27-23/h2-14,16,18,26H,15,17H2,1H3,(H,28,29). The van der Waals surface area contributed by atoms with Crippen LogP contribution in [0.15, 0.2) is 95.5 Å². The quantitative estimate of drug-likeness (QED) is 0.433. The first-order valence-corrected chi connectivity index (χ1v) is 10.2. The van der Waals surface area contributed by atoms with Gasteiger partial charge in [-0.15, -0.1) is 0 Å². The molecule has 0 aliphatic heterocycles. The number of pyridine rings is 1. The number of carbonyl (C=O) groups excluding carboxylic acids is 1. The molecule has 1 N–H and O–H groups in total. The van der Waals surface area contributed by atoms with E-state index in [1.165, 1.54) is 0 Å². The van der Waals surface area contributed by atoms with Gasteiger partial charge in [-0.2, -0.15) is 0 Å². The van der Waals surface area contributed by atoms with Gasteiger partial charge in [-0.25, -0.2) is 0 Å². The van der Waals surface area contributed by atoms with Crippen LogP contribution in [0, 0.1) is 0 Å². The second-order valence-corrected chi connectivity index (χ2v) is 7.16. The summed E-state index contributed by atoms with van der Waals surface area (Å²) in [6.07, 6.45) is 2.58. The molecule has 0 fully saturated rings. The largest absolute Gasteiger partial charge is 0.497 e. The predicted octanol–water partition coefficient (Wildman–Crippen LogP) is 5.19. The Kier molecular flexibility index (Phi) is 6.43. The highest BCUT2D eigenvalue weighted by Gasteiger charge is 2.18. The molecule has 5 heteroatoms. The zero-order valence-electron chi connectivity index (χ0n) is 17.3. The maximum absolute atomic E-state index is 12.7. The van der Waals surface area contributed by atoms with Crippen LogP contribution in [0.2, 0.25) is 0 Å². The van der Waals surface area contributed by atoms with Crippen molar-refractivity contribution in [2.75, 3.05) is 7.11 Å². The number of amides is 1. The van der Waals surface area contributed by atoms with Crippen LogP contribution >= 0.6 is 0 Å². The van der Waals surface area contributed by atoms with Crippen molar-refractivity contribution in [2.24, 2.45) is 0 Å². The average Bonchev–Trinajstić information content (AvgIpc) is 3.31. The van der Waals surface area contributed by atoms with Gasteiger partial charge in [0.25, 0.3) is 0 Å². The van der Waals surface area contributed by atoms with Crippen molar-refractivity contribution in [1.29, 1.82) is 0 Å². The van der Waals surface area contributed by atoms with Gasteiger partial charge in [0, 0.05) is 24.6 Å². The number of carbonyl (C=O) groups is 1.